The molecule has 0 aromatic carbocycles. The van der Waals surface area contributed by atoms with Crippen LogP contribution in [0.3, 0.4) is 0 Å². The van der Waals surface area contributed by atoms with Crippen LogP contribution in [0.1, 0.15) is 42.9 Å². The number of aromatic nitrogens is 3. The summed E-state index contributed by atoms with van der Waals surface area (Å²) >= 11 is 0. The third kappa shape index (κ3) is 2.55. The molecule has 3 aromatic rings. The summed E-state index contributed by atoms with van der Waals surface area (Å²) in [5.41, 5.74) is 5.78. The van der Waals surface area contributed by atoms with Crippen molar-refractivity contribution in [1.82, 2.24) is 15.0 Å². The number of carbonyl (C=O) groups excluding carboxylic acids is 1. The monoisotopic (exact) mass is 328 g/mol. The Balaban J connectivity index is 2.31. The lowest BCUT2D eigenvalue weighted by Crippen LogP contribution is -2.13. The van der Waals surface area contributed by atoms with E-state index in [-0.39, 0.29) is 46.1 Å². The Morgan fingerprint density at radius 1 is 1.38 bits per heavy atom. The number of esters is 1. The van der Waals surface area contributed by atoms with Gasteiger partial charge in [0.05, 0.1) is 18.2 Å². The second-order valence-electron chi connectivity index (χ2n) is 5.52. The van der Waals surface area contributed by atoms with Crippen LogP contribution in [0.4, 0.5) is 5.82 Å². The third-order valence-corrected chi connectivity index (χ3v) is 3.47. The smallest absolute Gasteiger partial charge is 0.341 e. The van der Waals surface area contributed by atoms with E-state index in [9.17, 15) is 9.59 Å². The number of hydrogen-bond acceptors (Lipinski definition) is 8. The van der Waals surface area contributed by atoms with Crippen LogP contribution in [0.5, 0.6) is 0 Å². The first-order chi connectivity index (χ1) is 11.4. The van der Waals surface area contributed by atoms with E-state index >= 15 is 0 Å². The number of anilines is 1. The van der Waals surface area contributed by atoms with Gasteiger partial charge in [0.15, 0.2) is 11.1 Å². The van der Waals surface area contributed by atoms with Gasteiger partial charge in [-0.1, -0.05) is 13.8 Å². The van der Waals surface area contributed by atoms with E-state index in [4.69, 9.17) is 14.9 Å². The highest BCUT2D eigenvalue weighted by molar-refractivity contribution is 5.98. The number of rotatable bonds is 3. The Bertz CT molecular complexity index is 1010. The second-order valence-corrected chi connectivity index (χ2v) is 5.52. The molecule has 0 aliphatic rings. The van der Waals surface area contributed by atoms with Crippen LogP contribution in [-0.4, -0.2) is 27.5 Å². The molecule has 2 N–H and O–H groups in total. The average Bonchev–Trinajstić information content (AvgIpc) is 2.54. The summed E-state index contributed by atoms with van der Waals surface area (Å²) in [6.45, 7) is 5.71. The number of hydrogen-bond donors (Lipinski definition) is 1. The summed E-state index contributed by atoms with van der Waals surface area (Å²) in [6.07, 6.45) is 1.44. The van der Waals surface area contributed by atoms with Crippen molar-refractivity contribution in [3.8, 4) is 0 Å². The van der Waals surface area contributed by atoms with Crippen LogP contribution >= 0.6 is 0 Å². The van der Waals surface area contributed by atoms with Gasteiger partial charge in [0, 0.05) is 5.92 Å². The minimum absolute atomic E-state index is 0.0224. The van der Waals surface area contributed by atoms with Gasteiger partial charge in [0.2, 0.25) is 11.1 Å². The van der Waals surface area contributed by atoms with Crippen molar-refractivity contribution in [1.29, 1.82) is 0 Å². The molecule has 24 heavy (non-hydrogen) atoms. The van der Waals surface area contributed by atoms with E-state index < -0.39 is 11.4 Å². The van der Waals surface area contributed by atoms with Gasteiger partial charge < -0.3 is 14.9 Å². The van der Waals surface area contributed by atoms with Crippen LogP contribution in [0.15, 0.2) is 21.5 Å². The molecule has 3 aromatic heterocycles. The first kappa shape index (κ1) is 15.9. The summed E-state index contributed by atoms with van der Waals surface area (Å²) in [5.74, 6) is -0.120. The van der Waals surface area contributed by atoms with Crippen LogP contribution in [-0.2, 0) is 4.74 Å². The molecular weight excluding hydrogens is 312 g/mol. The molecular formula is C16H16N4O4. The normalized spacial score (nSPS) is 11.3. The van der Waals surface area contributed by atoms with E-state index in [1.54, 1.807) is 6.92 Å². The SMILES string of the molecule is CCOC(=O)c1cc2c(=O)c3nc(C(C)C)ncc3oc2nc1N. The Hall–Kier alpha value is -3.03. The molecule has 0 atom stereocenters. The number of nitrogens with two attached hydrogens (primary N) is 1. The first-order valence-corrected chi connectivity index (χ1v) is 7.49. The van der Waals surface area contributed by atoms with Gasteiger partial charge in [-0.05, 0) is 13.0 Å². The van der Waals surface area contributed by atoms with Crippen molar-refractivity contribution in [2.45, 2.75) is 26.7 Å². The van der Waals surface area contributed by atoms with Gasteiger partial charge in [0.25, 0.3) is 0 Å². The summed E-state index contributed by atoms with van der Waals surface area (Å²) in [4.78, 5) is 37.1. The molecule has 3 heterocycles. The molecule has 0 spiro atoms. The molecule has 0 saturated carbocycles. The zero-order valence-electron chi connectivity index (χ0n) is 13.5. The Labute approximate surface area is 136 Å². The second kappa shape index (κ2) is 5.88. The van der Waals surface area contributed by atoms with Crippen molar-refractivity contribution in [3.05, 3.63) is 33.9 Å². The zero-order chi connectivity index (χ0) is 17.4. The standard InChI is InChI=1S/C16H16N4O4/c1-4-23-16(22)9-5-8-12(21)11-10(24-15(8)20-13(9)17)6-18-14(19-11)7(2)3/h5-7H,4H2,1-3H3,(H2,17,20). The van der Waals surface area contributed by atoms with E-state index in [1.807, 2.05) is 13.8 Å². The minimum Gasteiger partial charge on any atom is -0.462 e. The van der Waals surface area contributed by atoms with Crippen molar-refractivity contribution in [2.24, 2.45) is 0 Å². The largest absolute Gasteiger partial charge is 0.462 e. The summed E-state index contributed by atoms with van der Waals surface area (Å²) in [7, 11) is 0. The maximum atomic E-state index is 12.7. The van der Waals surface area contributed by atoms with Gasteiger partial charge in [-0.3, -0.25) is 4.79 Å². The Kier molecular flexibility index (Phi) is 3.88. The fourth-order valence-electron chi connectivity index (χ4n) is 2.25. The number of fused-ring (bicyclic) bond motifs is 2. The lowest BCUT2D eigenvalue weighted by Gasteiger charge is -2.07. The molecule has 0 bridgehead atoms. The maximum absolute atomic E-state index is 12.7. The Morgan fingerprint density at radius 3 is 2.79 bits per heavy atom. The van der Waals surface area contributed by atoms with E-state index in [0.29, 0.717) is 5.82 Å². The van der Waals surface area contributed by atoms with Crippen molar-refractivity contribution in [3.63, 3.8) is 0 Å². The molecule has 0 radical (unpaired) electrons. The molecule has 3 rings (SSSR count). The number of carbonyl (C=O) groups is 1. The van der Waals surface area contributed by atoms with Crippen LogP contribution in [0.2, 0.25) is 0 Å². The number of nitrogen functional groups attached to an aromatic ring is 1. The Morgan fingerprint density at radius 2 is 2.12 bits per heavy atom. The molecule has 0 aliphatic carbocycles. The molecule has 0 aliphatic heterocycles. The topological polar surface area (TPSA) is 121 Å². The number of nitrogens with zero attached hydrogens (tertiary/aromatic N) is 3. The van der Waals surface area contributed by atoms with Gasteiger partial charge in [0.1, 0.15) is 17.2 Å². The van der Waals surface area contributed by atoms with Gasteiger partial charge >= 0.3 is 5.97 Å². The summed E-state index contributed by atoms with van der Waals surface area (Å²) < 4.78 is 10.5. The highest BCUT2D eigenvalue weighted by Crippen LogP contribution is 2.21. The summed E-state index contributed by atoms with van der Waals surface area (Å²) in [6, 6.07) is 1.33. The highest BCUT2D eigenvalue weighted by Gasteiger charge is 2.18. The molecule has 8 nitrogen and oxygen atoms in total. The van der Waals surface area contributed by atoms with Gasteiger partial charge in [-0.15, -0.1) is 0 Å². The fraction of sp³-hybridized carbons (Fsp3) is 0.312. The molecule has 8 heteroatoms. The van der Waals surface area contributed by atoms with Gasteiger partial charge in [-0.25, -0.2) is 14.8 Å². The molecule has 124 valence electrons. The maximum Gasteiger partial charge on any atom is 0.341 e. The van der Waals surface area contributed by atoms with E-state index in [1.165, 1.54) is 12.3 Å². The van der Waals surface area contributed by atoms with Crippen molar-refractivity contribution >= 4 is 34.0 Å². The van der Waals surface area contributed by atoms with Crippen LogP contribution in [0.25, 0.3) is 22.2 Å². The van der Waals surface area contributed by atoms with Crippen molar-refractivity contribution < 1.29 is 13.9 Å². The molecule has 0 saturated heterocycles. The molecule has 0 unspecified atom stereocenters. The quantitative estimate of drug-likeness (QED) is 0.572. The average molecular weight is 328 g/mol. The predicted octanol–water partition coefficient (Wildman–Crippen LogP) is 2.01. The third-order valence-electron chi connectivity index (χ3n) is 3.47. The van der Waals surface area contributed by atoms with Crippen LogP contribution < -0.4 is 11.2 Å². The zero-order valence-corrected chi connectivity index (χ0v) is 13.5. The highest BCUT2D eigenvalue weighted by atomic mass is 16.5. The van der Waals surface area contributed by atoms with Crippen LogP contribution in [0, 0.1) is 0 Å². The number of ether oxygens (including phenoxy) is 1. The number of pyridine rings is 1. The molecule has 0 amide bonds. The first-order valence-electron chi connectivity index (χ1n) is 7.49. The molecule has 0 fully saturated rings. The predicted molar refractivity (Wildman–Crippen MR) is 87.8 cm³/mol. The fourth-order valence-corrected chi connectivity index (χ4v) is 2.25. The lowest BCUT2D eigenvalue weighted by molar-refractivity contribution is 0.0527. The minimum atomic E-state index is -0.644. The lowest BCUT2D eigenvalue weighted by atomic mass is 10.1. The van der Waals surface area contributed by atoms with Gasteiger partial charge in [-0.2, -0.15) is 4.98 Å². The van der Waals surface area contributed by atoms with E-state index in [0.717, 1.165) is 0 Å². The van der Waals surface area contributed by atoms with E-state index in [2.05, 4.69) is 15.0 Å². The van der Waals surface area contributed by atoms with Crippen molar-refractivity contribution in [2.75, 3.05) is 12.3 Å². The summed E-state index contributed by atoms with van der Waals surface area (Å²) in [5, 5.41) is 0.119.